The molecule has 0 radical (unpaired) electrons. The van der Waals surface area contributed by atoms with Gasteiger partial charge in [0.2, 0.25) is 17.9 Å². The quantitative estimate of drug-likeness (QED) is 0.390. The minimum absolute atomic E-state index is 0.0230. The fraction of sp³-hybridized carbons (Fsp3) is 0.840. The number of aromatic nitrogens is 2. The molecule has 9 atom stereocenters. The lowest BCUT2D eigenvalue weighted by Gasteiger charge is -2.44. The van der Waals surface area contributed by atoms with E-state index in [9.17, 15) is 9.18 Å². The number of hydrogen-bond acceptors (Lipinski definition) is 4. The molecular weight excluding hydrogens is 490 g/mol. The Morgan fingerprint density at radius 2 is 1.94 bits per heavy atom. The van der Waals surface area contributed by atoms with Crippen LogP contribution in [0.15, 0.2) is 12.4 Å². The number of aryl methyl sites for hydroxylation is 1. The topological polar surface area (TPSA) is 78.1 Å². The number of nitrogens with one attached hydrogen (secondary N) is 3. The van der Waals surface area contributed by atoms with E-state index in [1.807, 2.05) is 42.9 Å². The van der Waals surface area contributed by atoms with Crippen molar-refractivity contribution in [2.75, 3.05) is 20.1 Å². The number of nitrogens with zero attached hydrogens (tertiary/aromatic N) is 3. The molecule has 1 amide bonds. The third-order valence-electron chi connectivity index (χ3n) is 8.62. The van der Waals surface area contributed by atoms with Gasteiger partial charge in [-0.25, -0.2) is 4.39 Å². The van der Waals surface area contributed by atoms with Crippen LogP contribution in [0.25, 0.3) is 0 Å². The smallest absolute Gasteiger partial charge is 0.225 e. The highest BCUT2D eigenvalue weighted by Gasteiger charge is 2.41. The fourth-order valence-corrected chi connectivity index (χ4v) is 7.26. The Morgan fingerprint density at radius 3 is 2.60 bits per heavy atom. The zero-order valence-electron chi connectivity index (χ0n) is 21.1. The monoisotopic (exact) mass is 530 g/mol. The fourth-order valence-electron chi connectivity index (χ4n) is 6.65. The first-order valence-electron chi connectivity index (χ1n) is 13.0. The molecule has 7 nitrogen and oxygen atoms in total. The van der Waals surface area contributed by atoms with Gasteiger partial charge in [0.05, 0.1) is 5.38 Å². The van der Waals surface area contributed by atoms with Gasteiger partial charge in [0.25, 0.3) is 0 Å². The standard InChI is InChI=1S/C25H41Cl2FN6O/c1-15-20(12-30-24(28)31-15)18-8-17(14-34-7-6-32(2)25(34)29)9-19(11-18)23(35)33(3)13-16-4-5-21(26)22(27)10-16/h6-7,15-22,24,29-31H,4-5,8-14H2,1-3H3. The second kappa shape index (κ2) is 11.5. The molecule has 1 saturated heterocycles. The van der Waals surface area contributed by atoms with Crippen molar-refractivity contribution in [3.05, 3.63) is 18.0 Å². The van der Waals surface area contributed by atoms with Gasteiger partial charge >= 0.3 is 0 Å². The van der Waals surface area contributed by atoms with E-state index >= 15 is 0 Å². The largest absolute Gasteiger partial charge is 0.345 e. The number of amides is 1. The van der Waals surface area contributed by atoms with Crippen LogP contribution in [0.2, 0.25) is 0 Å². The molecule has 9 unspecified atom stereocenters. The Kier molecular flexibility index (Phi) is 8.88. The normalized spacial score (nSPS) is 38.3. The SMILES string of the molecule is CC1NC(F)NCC1C1CC(Cn2ccn(C)c2=N)CC(C(=O)N(C)CC2CCC(Cl)C(Cl)C2)C1. The molecule has 2 saturated carbocycles. The van der Waals surface area contributed by atoms with Crippen LogP contribution in [-0.2, 0) is 18.4 Å². The lowest BCUT2D eigenvalue weighted by atomic mass is 9.68. The Balaban J connectivity index is 1.46. The van der Waals surface area contributed by atoms with Gasteiger partial charge in [-0.3, -0.25) is 20.8 Å². The predicted molar refractivity (Wildman–Crippen MR) is 137 cm³/mol. The van der Waals surface area contributed by atoms with Crippen molar-refractivity contribution in [3.8, 4) is 0 Å². The number of carbonyl (C=O) groups is 1. The minimum Gasteiger partial charge on any atom is -0.345 e. The predicted octanol–water partition coefficient (Wildman–Crippen LogP) is 3.26. The summed E-state index contributed by atoms with van der Waals surface area (Å²) in [5.41, 5.74) is 0.465. The van der Waals surface area contributed by atoms with E-state index < -0.39 is 6.42 Å². The zero-order valence-corrected chi connectivity index (χ0v) is 22.6. The number of hydrogen-bond donors (Lipinski definition) is 3. The van der Waals surface area contributed by atoms with E-state index in [0.29, 0.717) is 36.5 Å². The van der Waals surface area contributed by atoms with Crippen molar-refractivity contribution in [3.63, 3.8) is 0 Å². The van der Waals surface area contributed by atoms with Crippen molar-refractivity contribution < 1.29 is 9.18 Å². The van der Waals surface area contributed by atoms with Gasteiger partial charge in [-0.2, -0.15) is 0 Å². The maximum atomic E-state index is 13.8. The summed E-state index contributed by atoms with van der Waals surface area (Å²) in [6, 6.07) is 0.0472. The molecular formula is C25H41Cl2FN6O. The van der Waals surface area contributed by atoms with Crippen molar-refractivity contribution in [1.82, 2.24) is 24.7 Å². The Bertz CT molecular complexity index is 924. The molecule has 2 aliphatic carbocycles. The molecule has 3 N–H and O–H groups in total. The van der Waals surface area contributed by atoms with Crippen LogP contribution in [0.4, 0.5) is 4.39 Å². The number of halogens is 3. The first kappa shape index (κ1) is 27.0. The molecule has 0 bridgehead atoms. The van der Waals surface area contributed by atoms with Crippen LogP contribution in [0, 0.1) is 35.0 Å². The number of carbonyl (C=O) groups excluding carboxylic acids is 1. The summed E-state index contributed by atoms with van der Waals surface area (Å²) in [7, 11) is 3.80. The molecule has 3 fully saturated rings. The first-order chi connectivity index (χ1) is 16.6. The zero-order chi connectivity index (χ0) is 25.3. The molecule has 3 aliphatic rings. The highest BCUT2D eigenvalue weighted by molar-refractivity contribution is 6.30. The molecule has 2 heterocycles. The number of imidazole rings is 1. The summed E-state index contributed by atoms with van der Waals surface area (Å²) in [4.78, 5) is 15.6. The Morgan fingerprint density at radius 1 is 1.17 bits per heavy atom. The Labute approximate surface area is 218 Å². The van der Waals surface area contributed by atoms with E-state index in [2.05, 4.69) is 10.6 Å². The summed E-state index contributed by atoms with van der Waals surface area (Å²) < 4.78 is 17.6. The summed E-state index contributed by atoms with van der Waals surface area (Å²) in [6.45, 7) is 4.11. The first-order valence-corrected chi connectivity index (χ1v) is 13.9. The highest BCUT2D eigenvalue weighted by atomic mass is 35.5. The lowest BCUT2D eigenvalue weighted by Crippen LogP contribution is -2.58. The van der Waals surface area contributed by atoms with E-state index in [4.69, 9.17) is 28.6 Å². The molecule has 1 aliphatic heterocycles. The van der Waals surface area contributed by atoms with Crippen LogP contribution in [-0.4, -0.2) is 63.3 Å². The van der Waals surface area contributed by atoms with Gasteiger partial charge in [-0.15, -0.1) is 23.2 Å². The van der Waals surface area contributed by atoms with Gasteiger partial charge < -0.3 is 14.0 Å². The molecule has 0 spiro atoms. The molecule has 1 aromatic rings. The summed E-state index contributed by atoms with van der Waals surface area (Å²) >= 11 is 12.7. The van der Waals surface area contributed by atoms with Crippen LogP contribution in [0.3, 0.4) is 0 Å². The van der Waals surface area contributed by atoms with Gasteiger partial charge in [0.15, 0.2) is 0 Å². The second-order valence-corrected chi connectivity index (χ2v) is 12.4. The maximum Gasteiger partial charge on any atom is 0.225 e. The highest BCUT2D eigenvalue weighted by Crippen LogP contribution is 2.41. The Hall–Kier alpha value is -1.09. The third-order valence-corrected chi connectivity index (χ3v) is 9.76. The minimum atomic E-state index is -1.18. The van der Waals surface area contributed by atoms with E-state index in [-0.39, 0.29) is 34.5 Å². The second-order valence-electron chi connectivity index (χ2n) is 11.2. The summed E-state index contributed by atoms with van der Waals surface area (Å²) in [6.07, 6.45) is 8.05. The average Bonchev–Trinajstić information content (AvgIpc) is 3.12. The average molecular weight is 532 g/mol. The van der Waals surface area contributed by atoms with Gasteiger partial charge in [0, 0.05) is 63.5 Å². The molecule has 198 valence electrons. The molecule has 35 heavy (non-hydrogen) atoms. The number of rotatable bonds is 6. The molecule has 4 rings (SSSR count). The van der Waals surface area contributed by atoms with Crippen LogP contribution < -0.4 is 16.3 Å². The van der Waals surface area contributed by atoms with Crippen LogP contribution in [0.1, 0.15) is 45.4 Å². The molecule has 10 heteroatoms. The maximum absolute atomic E-state index is 13.8. The van der Waals surface area contributed by atoms with Gasteiger partial charge in [-0.05, 0) is 69.1 Å². The van der Waals surface area contributed by atoms with E-state index in [1.165, 1.54) is 0 Å². The van der Waals surface area contributed by atoms with E-state index in [1.54, 1.807) is 4.57 Å². The van der Waals surface area contributed by atoms with Crippen LogP contribution >= 0.6 is 23.2 Å². The van der Waals surface area contributed by atoms with Crippen LogP contribution in [0.5, 0.6) is 0 Å². The van der Waals surface area contributed by atoms with Crippen molar-refractivity contribution in [1.29, 1.82) is 5.41 Å². The lowest BCUT2D eigenvalue weighted by molar-refractivity contribution is -0.137. The van der Waals surface area contributed by atoms with Gasteiger partial charge in [0.1, 0.15) is 0 Å². The summed E-state index contributed by atoms with van der Waals surface area (Å²) in [5, 5.41) is 14.3. The van der Waals surface area contributed by atoms with Crippen molar-refractivity contribution >= 4 is 29.1 Å². The number of alkyl halides is 3. The van der Waals surface area contributed by atoms with Crippen molar-refractivity contribution in [2.24, 2.45) is 36.6 Å². The molecule has 0 aromatic carbocycles. The van der Waals surface area contributed by atoms with E-state index in [0.717, 1.165) is 45.1 Å². The van der Waals surface area contributed by atoms with Crippen molar-refractivity contribution in [2.45, 2.75) is 75.2 Å². The third kappa shape index (κ3) is 6.43. The summed E-state index contributed by atoms with van der Waals surface area (Å²) in [5.74, 6) is 1.40. The molecule has 1 aromatic heterocycles. The van der Waals surface area contributed by atoms with Gasteiger partial charge in [-0.1, -0.05) is 0 Å².